The first-order valence-corrected chi connectivity index (χ1v) is 14.2. The number of esters is 2. The first-order chi connectivity index (χ1) is 19.9. The molecular formula is C30H38O12. The van der Waals surface area contributed by atoms with E-state index in [1.165, 1.54) is 18.4 Å². The van der Waals surface area contributed by atoms with E-state index in [9.17, 15) is 40.2 Å². The van der Waals surface area contributed by atoms with E-state index in [-0.39, 0.29) is 18.1 Å². The van der Waals surface area contributed by atoms with E-state index in [1.807, 2.05) is 6.92 Å². The van der Waals surface area contributed by atoms with Crippen molar-refractivity contribution in [3.8, 4) is 5.75 Å². The summed E-state index contributed by atoms with van der Waals surface area (Å²) in [6.07, 6.45) is -6.64. The summed E-state index contributed by atoms with van der Waals surface area (Å²) < 4.78 is 22.9. The zero-order valence-corrected chi connectivity index (χ0v) is 23.2. The molecule has 1 unspecified atom stereocenters. The maximum atomic E-state index is 13.0. The van der Waals surface area contributed by atoms with Crippen LogP contribution in [-0.4, -0.2) is 98.2 Å². The number of aliphatic hydroxyl groups is 5. The second-order valence-electron chi connectivity index (χ2n) is 11.9. The quantitative estimate of drug-likeness (QED) is 0.144. The minimum atomic E-state index is -1.61. The van der Waals surface area contributed by atoms with Gasteiger partial charge in [-0.15, -0.1) is 0 Å². The van der Waals surface area contributed by atoms with Crippen LogP contribution in [0.3, 0.4) is 0 Å². The Hall–Kier alpha value is -3.00. The Balaban J connectivity index is 1.36. The van der Waals surface area contributed by atoms with Crippen LogP contribution >= 0.6 is 0 Å². The van der Waals surface area contributed by atoms with Crippen LogP contribution in [0.2, 0.25) is 0 Å². The van der Waals surface area contributed by atoms with Crippen LogP contribution in [0.15, 0.2) is 48.3 Å². The number of aromatic hydroxyl groups is 1. The van der Waals surface area contributed by atoms with Crippen LogP contribution in [0.5, 0.6) is 5.75 Å². The highest BCUT2D eigenvalue weighted by Gasteiger charge is 2.60. The van der Waals surface area contributed by atoms with Crippen molar-refractivity contribution < 1.29 is 59.2 Å². The first-order valence-electron chi connectivity index (χ1n) is 14.2. The largest absolute Gasteiger partial charge is 0.508 e. The van der Waals surface area contributed by atoms with Gasteiger partial charge in [-0.25, -0.2) is 9.59 Å². The number of hydrogen-bond acceptors (Lipinski definition) is 12. The summed E-state index contributed by atoms with van der Waals surface area (Å²) in [6, 6.07) is 6.16. The van der Waals surface area contributed by atoms with E-state index in [1.54, 1.807) is 12.1 Å². The van der Waals surface area contributed by atoms with Crippen molar-refractivity contribution in [3.05, 3.63) is 53.8 Å². The molecule has 5 rings (SSSR count). The Bertz CT molecular complexity index is 1210. The zero-order chi connectivity index (χ0) is 30.3. The highest BCUT2D eigenvalue weighted by molar-refractivity contribution is 5.91. The van der Waals surface area contributed by atoms with Crippen LogP contribution in [0.4, 0.5) is 0 Å². The predicted molar refractivity (Wildman–Crippen MR) is 143 cm³/mol. The lowest BCUT2D eigenvalue weighted by molar-refractivity contribution is -0.288. The number of aliphatic hydroxyl groups excluding tert-OH is 5. The van der Waals surface area contributed by atoms with E-state index < -0.39 is 78.9 Å². The molecule has 0 spiro atoms. The molecule has 2 aliphatic carbocycles. The van der Waals surface area contributed by atoms with Gasteiger partial charge in [0.25, 0.3) is 0 Å². The van der Waals surface area contributed by atoms with Crippen LogP contribution in [0.25, 0.3) is 0 Å². The maximum absolute atomic E-state index is 13.0. The van der Waals surface area contributed by atoms with Gasteiger partial charge in [-0.1, -0.05) is 25.6 Å². The third kappa shape index (κ3) is 5.54. The summed E-state index contributed by atoms with van der Waals surface area (Å²) in [5.41, 5.74) is 1.02. The normalized spacial score (nSPS) is 39.7. The van der Waals surface area contributed by atoms with Gasteiger partial charge in [0, 0.05) is 29.2 Å². The summed E-state index contributed by atoms with van der Waals surface area (Å²) in [5, 5.41) is 60.2. The molecular weight excluding hydrogens is 552 g/mol. The molecule has 0 amide bonds. The molecule has 11 atom stereocenters. The molecule has 6 N–H and O–H groups in total. The molecule has 1 aromatic carbocycles. The molecule has 0 aromatic heterocycles. The van der Waals surface area contributed by atoms with Crippen molar-refractivity contribution in [1.82, 2.24) is 0 Å². The van der Waals surface area contributed by atoms with E-state index >= 15 is 0 Å². The van der Waals surface area contributed by atoms with Crippen molar-refractivity contribution in [2.24, 2.45) is 17.3 Å². The molecule has 1 aromatic rings. The third-order valence-corrected chi connectivity index (χ3v) is 9.31. The molecule has 42 heavy (non-hydrogen) atoms. The lowest BCUT2D eigenvalue weighted by Crippen LogP contribution is -2.59. The maximum Gasteiger partial charge on any atom is 0.335 e. The second-order valence-corrected chi connectivity index (χ2v) is 11.9. The molecule has 230 valence electrons. The number of carbonyl (C=O) groups excluding carboxylic acids is 2. The van der Waals surface area contributed by atoms with Crippen LogP contribution in [0, 0.1) is 17.3 Å². The van der Waals surface area contributed by atoms with Crippen molar-refractivity contribution in [2.75, 3.05) is 6.61 Å². The Morgan fingerprint density at radius 3 is 2.57 bits per heavy atom. The van der Waals surface area contributed by atoms with E-state index in [2.05, 4.69) is 6.58 Å². The zero-order valence-electron chi connectivity index (χ0n) is 23.2. The van der Waals surface area contributed by atoms with Gasteiger partial charge in [-0.3, -0.25) is 0 Å². The molecule has 12 nitrogen and oxygen atoms in total. The van der Waals surface area contributed by atoms with Gasteiger partial charge in [0.15, 0.2) is 6.10 Å². The van der Waals surface area contributed by atoms with Gasteiger partial charge < -0.3 is 49.6 Å². The molecule has 4 aliphatic rings. The van der Waals surface area contributed by atoms with Crippen LogP contribution < -0.4 is 0 Å². The SMILES string of the molecule is C=C1C(=O)O[C@@H]2[C@H]3/C(=C/O[C@@H]4O[C@H](CO)[C@@H](O)[C@H](O)[C@H]4O)CC[C@@H](OC(=O)C(O)Cc4ccc(O)cc4)[C@]3(C)CC[C@@H]12. The Kier molecular flexibility index (Phi) is 8.66. The molecule has 2 aliphatic heterocycles. The molecule has 2 saturated heterocycles. The van der Waals surface area contributed by atoms with Gasteiger partial charge in [0.1, 0.15) is 42.4 Å². The summed E-state index contributed by atoms with van der Waals surface area (Å²) >= 11 is 0. The highest BCUT2D eigenvalue weighted by atomic mass is 16.7. The monoisotopic (exact) mass is 590 g/mol. The van der Waals surface area contributed by atoms with Gasteiger partial charge in [0.05, 0.1) is 12.9 Å². The highest BCUT2D eigenvalue weighted by Crippen LogP contribution is 2.58. The van der Waals surface area contributed by atoms with E-state index in [4.69, 9.17) is 18.9 Å². The number of phenolic OH excluding ortho intramolecular Hbond substituents is 1. The average Bonchev–Trinajstić information content (AvgIpc) is 3.26. The molecule has 12 heteroatoms. The molecule has 2 saturated carbocycles. The van der Waals surface area contributed by atoms with Crippen molar-refractivity contribution in [2.45, 2.75) is 88.0 Å². The fraction of sp³-hybridized carbons (Fsp3) is 0.600. The van der Waals surface area contributed by atoms with Crippen LogP contribution in [0.1, 0.15) is 38.2 Å². The van der Waals surface area contributed by atoms with E-state index in [0.717, 1.165) is 0 Å². The van der Waals surface area contributed by atoms with Crippen molar-refractivity contribution in [1.29, 1.82) is 0 Å². The number of phenols is 1. The van der Waals surface area contributed by atoms with E-state index in [0.29, 0.717) is 42.4 Å². The minimum absolute atomic E-state index is 0.00615. The summed E-state index contributed by atoms with van der Waals surface area (Å²) in [6.45, 7) is 5.25. The smallest absolute Gasteiger partial charge is 0.335 e. The van der Waals surface area contributed by atoms with Crippen molar-refractivity contribution in [3.63, 3.8) is 0 Å². The van der Waals surface area contributed by atoms with Crippen LogP contribution in [-0.2, 0) is 35.0 Å². The number of ether oxygens (including phenoxy) is 4. The van der Waals surface area contributed by atoms with Crippen molar-refractivity contribution >= 4 is 11.9 Å². The third-order valence-electron chi connectivity index (χ3n) is 9.31. The number of carbonyl (C=O) groups is 2. The Morgan fingerprint density at radius 1 is 1.17 bits per heavy atom. The fourth-order valence-corrected chi connectivity index (χ4v) is 6.86. The van der Waals surface area contributed by atoms with Gasteiger partial charge in [-0.2, -0.15) is 0 Å². The van der Waals surface area contributed by atoms with Gasteiger partial charge >= 0.3 is 11.9 Å². The molecule has 0 radical (unpaired) electrons. The summed E-state index contributed by atoms with van der Waals surface area (Å²) in [5.74, 6) is -1.92. The van der Waals surface area contributed by atoms with Gasteiger partial charge in [0.2, 0.25) is 6.29 Å². The summed E-state index contributed by atoms with van der Waals surface area (Å²) in [4.78, 5) is 25.5. The number of fused-ring (bicyclic) bond motifs is 3. The Labute approximate surface area is 242 Å². The average molecular weight is 591 g/mol. The fourth-order valence-electron chi connectivity index (χ4n) is 6.86. The predicted octanol–water partition coefficient (Wildman–Crippen LogP) is 0.216. The molecule has 0 bridgehead atoms. The minimum Gasteiger partial charge on any atom is -0.508 e. The second kappa shape index (κ2) is 11.9. The number of rotatable bonds is 7. The lowest BCUT2D eigenvalue weighted by atomic mass is 9.54. The first kappa shape index (κ1) is 30.5. The standard InChI is InChI=1S/C30H38O12/c1-14-18-9-10-30(2)21(41-28(38)19(33)11-15-3-6-17(32)7-4-15)8-5-16(22(30)26(18)42-27(14)37)13-39-29-25(36)24(35)23(34)20(12-31)40-29/h3-4,6-7,13,18-26,29,31-36H,1,5,8-12H2,2H3/b16-13+/t18-,19?,20+,21+,22+,23+,24-,25+,26-,29+,30-/m0/s1. The Morgan fingerprint density at radius 2 is 1.88 bits per heavy atom. The molecule has 4 fully saturated rings. The van der Waals surface area contributed by atoms with Gasteiger partial charge in [-0.05, 0) is 49.0 Å². The topological polar surface area (TPSA) is 192 Å². The number of benzene rings is 1. The molecule has 2 heterocycles. The number of hydrogen-bond donors (Lipinski definition) is 6. The summed E-state index contributed by atoms with van der Waals surface area (Å²) in [7, 11) is 0. The lowest BCUT2D eigenvalue weighted by Gasteiger charge is -2.53.